The Morgan fingerprint density at radius 2 is 1.89 bits per heavy atom. The Balaban J connectivity index is 2.12. The monoisotopic (exact) mass is 443 g/mol. The summed E-state index contributed by atoms with van der Waals surface area (Å²) in [6.45, 7) is 1.08. The second-order valence-electron chi connectivity index (χ2n) is 5.56. The summed E-state index contributed by atoms with van der Waals surface area (Å²) in [5.74, 6) is -0.184. The zero-order valence-electron chi connectivity index (χ0n) is 15.2. The molecule has 0 spiro atoms. The van der Waals surface area contributed by atoms with Crippen LogP contribution < -0.4 is 14.5 Å². The molecule has 28 heavy (non-hydrogen) atoms. The maximum absolute atomic E-state index is 12.4. The van der Waals surface area contributed by atoms with Crippen molar-refractivity contribution in [1.82, 2.24) is 5.43 Å². The number of rotatable bonds is 8. The van der Waals surface area contributed by atoms with Gasteiger partial charge in [0, 0.05) is 10.6 Å². The molecule has 2 aromatic rings. The number of carbonyl (C=O) groups is 1. The minimum absolute atomic E-state index is 0.157. The number of ether oxygens (including phenoxy) is 1. The highest BCUT2D eigenvalue weighted by Crippen LogP contribution is 2.22. The summed E-state index contributed by atoms with van der Waals surface area (Å²) >= 11 is 11.8. The number of sulfonamides is 1. The van der Waals surface area contributed by atoms with Crippen LogP contribution in [0.15, 0.2) is 47.6 Å². The van der Waals surface area contributed by atoms with Gasteiger partial charge in [-0.05, 0) is 43.3 Å². The summed E-state index contributed by atoms with van der Waals surface area (Å²) in [5, 5.41) is 4.67. The molecule has 7 nitrogen and oxygen atoms in total. The van der Waals surface area contributed by atoms with E-state index in [9.17, 15) is 13.2 Å². The Labute approximate surface area is 173 Å². The summed E-state index contributed by atoms with van der Waals surface area (Å²) in [6.07, 6.45) is 1.35. The molecule has 0 aliphatic carbocycles. The van der Waals surface area contributed by atoms with Gasteiger partial charge in [0.25, 0.3) is 5.91 Å². The summed E-state index contributed by atoms with van der Waals surface area (Å²) in [7, 11) is -2.16. The van der Waals surface area contributed by atoms with E-state index in [1.54, 1.807) is 42.5 Å². The molecular weight excluding hydrogens is 425 g/mol. The number of hydrogen-bond donors (Lipinski definition) is 1. The molecule has 0 saturated heterocycles. The van der Waals surface area contributed by atoms with Gasteiger partial charge in [-0.25, -0.2) is 13.8 Å². The molecule has 0 atom stereocenters. The molecule has 1 N–H and O–H groups in total. The lowest BCUT2D eigenvalue weighted by Gasteiger charge is -2.23. The van der Waals surface area contributed by atoms with Crippen molar-refractivity contribution in [2.75, 3.05) is 23.7 Å². The number of amides is 1. The van der Waals surface area contributed by atoms with Crippen LogP contribution in [0.25, 0.3) is 0 Å². The third kappa shape index (κ3) is 5.85. The molecule has 0 aromatic heterocycles. The zero-order chi connectivity index (χ0) is 20.7. The van der Waals surface area contributed by atoms with E-state index in [-0.39, 0.29) is 5.75 Å². The van der Waals surface area contributed by atoms with Gasteiger partial charge in [-0.1, -0.05) is 29.3 Å². The smallest absolute Gasteiger partial charge is 0.260 e. The van der Waals surface area contributed by atoms with Crippen molar-refractivity contribution >= 4 is 51.0 Å². The van der Waals surface area contributed by atoms with E-state index in [1.165, 1.54) is 20.2 Å². The molecule has 0 bridgehead atoms. The topological polar surface area (TPSA) is 88.1 Å². The van der Waals surface area contributed by atoms with Crippen LogP contribution in [-0.2, 0) is 14.8 Å². The normalized spacial score (nSPS) is 11.4. The highest BCUT2D eigenvalue weighted by Gasteiger charge is 2.23. The molecule has 0 aliphatic rings. The summed E-state index contributed by atoms with van der Waals surface area (Å²) in [4.78, 5) is 12.2. The third-order valence-electron chi connectivity index (χ3n) is 3.70. The maximum atomic E-state index is 12.4. The van der Waals surface area contributed by atoms with Crippen molar-refractivity contribution in [3.05, 3.63) is 58.1 Å². The zero-order valence-corrected chi connectivity index (χ0v) is 17.6. The molecule has 0 radical (unpaired) electrons. The van der Waals surface area contributed by atoms with Gasteiger partial charge in [0.05, 0.1) is 29.8 Å². The first-order valence-corrected chi connectivity index (χ1v) is 10.5. The molecule has 1 amide bonds. The fourth-order valence-electron chi connectivity index (χ4n) is 2.20. The number of benzene rings is 2. The molecule has 0 heterocycles. The van der Waals surface area contributed by atoms with E-state index >= 15 is 0 Å². The Kier molecular flexibility index (Phi) is 7.68. The van der Waals surface area contributed by atoms with Gasteiger partial charge < -0.3 is 4.74 Å². The summed E-state index contributed by atoms with van der Waals surface area (Å²) in [6, 6.07) is 11.2. The first-order chi connectivity index (χ1) is 13.3. The Morgan fingerprint density at radius 1 is 1.21 bits per heavy atom. The number of halogens is 2. The van der Waals surface area contributed by atoms with Gasteiger partial charge in [0.2, 0.25) is 10.0 Å². The van der Waals surface area contributed by atoms with Crippen molar-refractivity contribution in [3.8, 4) is 5.75 Å². The van der Waals surface area contributed by atoms with Crippen LogP contribution in [-0.4, -0.2) is 39.9 Å². The minimum Gasteiger partial charge on any atom is -0.497 e. The maximum Gasteiger partial charge on any atom is 0.260 e. The van der Waals surface area contributed by atoms with E-state index in [4.69, 9.17) is 27.9 Å². The van der Waals surface area contributed by atoms with Gasteiger partial charge in [-0.2, -0.15) is 5.10 Å². The van der Waals surface area contributed by atoms with Crippen LogP contribution in [0.2, 0.25) is 10.0 Å². The molecule has 10 heteroatoms. The van der Waals surface area contributed by atoms with Crippen molar-refractivity contribution in [1.29, 1.82) is 0 Å². The average Bonchev–Trinajstić information content (AvgIpc) is 2.68. The first-order valence-electron chi connectivity index (χ1n) is 8.18. The van der Waals surface area contributed by atoms with Crippen molar-refractivity contribution < 1.29 is 17.9 Å². The summed E-state index contributed by atoms with van der Waals surface area (Å²) in [5.41, 5.74) is 3.20. The van der Waals surface area contributed by atoms with E-state index in [2.05, 4.69) is 10.5 Å². The Hall–Kier alpha value is -2.29. The summed E-state index contributed by atoms with van der Waals surface area (Å²) < 4.78 is 30.9. The van der Waals surface area contributed by atoms with E-state index in [0.717, 1.165) is 4.31 Å². The molecule has 0 saturated carbocycles. The molecule has 2 rings (SSSR count). The predicted octanol–water partition coefficient (Wildman–Crippen LogP) is 3.31. The van der Waals surface area contributed by atoms with Gasteiger partial charge >= 0.3 is 0 Å². The number of nitrogens with zero attached hydrogens (tertiary/aromatic N) is 2. The SMILES string of the molecule is CCS(=O)(=O)N(CC(=O)N/N=C\c1ccc(Cl)cc1Cl)c1ccc(OC)cc1. The van der Waals surface area contributed by atoms with Gasteiger partial charge in [0.15, 0.2) is 0 Å². The second-order valence-corrected chi connectivity index (χ2v) is 8.59. The number of carbonyl (C=O) groups excluding carboxylic acids is 1. The molecule has 150 valence electrons. The highest BCUT2D eigenvalue weighted by molar-refractivity contribution is 7.92. The fraction of sp³-hybridized carbons (Fsp3) is 0.222. The van der Waals surface area contributed by atoms with Crippen LogP contribution in [0.3, 0.4) is 0 Å². The molecule has 0 unspecified atom stereocenters. The molecule has 0 aliphatic heterocycles. The van der Waals surface area contributed by atoms with Crippen molar-refractivity contribution in [3.63, 3.8) is 0 Å². The third-order valence-corrected chi connectivity index (χ3v) is 6.01. The standard InChI is InChI=1S/C18H19Cl2N3O4S/c1-3-28(25,26)23(15-6-8-16(27-2)9-7-15)12-18(24)22-21-11-13-4-5-14(19)10-17(13)20/h4-11H,3,12H2,1-2H3,(H,22,24)/b21-11-. The molecule has 0 fully saturated rings. The predicted molar refractivity (Wildman–Crippen MR) is 112 cm³/mol. The van der Waals surface area contributed by atoms with Crippen LogP contribution in [0.5, 0.6) is 5.75 Å². The molecular formula is C18H19Cl2N3O4S. The van der Waals surface area contributed by atoms with Crippen LogP contribution >= 0.6 is 23.2 Å². The Bertz CT molecular complexity index is 963. The Morgan fingerprint density at radius 3 is 2.46 bits per heavy atom. The first kappa shape index (κ1) is 22.0. The number of anilines is 1. The van der Waals surface area contributed by atoms with Gasteiger partial charge in [-0.15, -0.1) is 0 Å². The van der Waals surface area contributed by atoms with E-state index in [1.807, 2.05) is 0 Å². The van der Waals surface area contributed by atoms with Gasteiger partial charge in [-0.3, -0.25) is 9.10 Å². The number of methoxy groups -OCH3 is 1. The lowest BCUT2D eigenvalue weighted by Crippen LogP contribution is -2.40. The minimum atomic E-state index is -3.67. The van der Waals surface area contributed by atoms with E-state index in [0.29, 0.717) is 27.0 Å². The number of nitrogens with one attached hydrogen (secondary N) is 1. The molecule has 2 aromatic carbocycles. The van der Waals surface area contributed by atoms with Crippen LogP contribution in [0.1, 0.15) is 12.5 Å². The highest BCUT2D eigenvalue weighted by atomic mass is 35.5. The number of hydrazone groups is 1. The quantitative estimate of drug-likeness (QED) is 0.500. The number of hydrogen-bond acceptors (Lipinski definition) is 5. The second kappa shape index (κ2) is 9.77. The largest absolute Gasteiger partial charge is 0.497 e. The lowest BCUT2D eigenvalue weighted by atomic mass is 10.2. The van der Waals surface area contributed by atoms with Crippen LogP contribution in [0.4, 0.5) is 5.69 Å². The van der Waals surface area contributed by atoms with Crippen molar-refractivity contribution in [2.45, 2.75) is 6.92 Å². The fourth-order valence-corrected chi connectivity index (χ4v) is 3.73. The van der Waals surface area contributed by atoms with Crippen molar-refractivity contribution in [2.24, 2.45) is 5.10 Å². The van der Waals surface area contributed by atoms with E-state index < -0.39 is 22.5 Å². The lowest BCUT2D eigenvalue weighted by molar-refractivity contribution is -0.119. The van der Waals surface area contributed by atoms with Crippen LogP contribution in [0, 0.1) is 0 Å². The van der Waals surface area contributed by atoms with Gasteiger partial charge in [0.1, 0.15) is 12.3 Å². The average molecular weight is 444 g/mol.